The van der Waals surface area contributed by atoms with Gasteiger partial charge in [-0.3, -0.25) is 14.5 Å². The number of hydrogen-bond donors (Lipinski definition) is 1. The molecule has 1 aromatic heterocycles. The average Bonchev–Trinajstić information content (AvgIpc) is 3.58. The summed E-state index contributed by atoms with van der Waals surface area (Å²) in [6.45, 7) is 0.597. The summed E-state index contributed by atoms with van der Waals surface area (Å²) >= 11 is 1.45. The Kier molecular flexibility index (Phi) is 4.55. The number of aliphatic hydroxyl groups is 1. The van der Waals surface area contributed by atoms with E-state index in [-0.39, 0.29) is 11.3 Å². The zero-order valence-corrected chi connectivity index (χ0v) is 18.3. The van der Waals surface area contributed by atoms with E-state index < -0.39 is 17.7 Å². The van der Waals surface area contributed by atoms with Crippen LogP contribution >= 0.6 is 11.3 Å². The molecule has 162 valence electrons. The van der Waals surface area contributed by atoms with Gasteiger partial charge >= 0.3 is 0 Å². The molecule has 1 amide bonds. The smallest absolute Gasteiger partial charge is 0.300 e. The number of hydrogen-bond acceptors (Lipinski definition) is 5. The third-order valence-electron chi connectivity index (χ3n) is 6.25. The summed E-state index contributed by atoms with van der Waals surface area (Å²) < 4.78 is 5.57. The molecule has 6 heteroatoms. The highest BCUT2D eigenvalue weighted by molar-refractivity contribution is 7.10. The molecule has 1 unspecified atom stereocenters. The Morgan fingerprint density at radius 2 is 1.85 bits per heavy atom. The van der Waals surface area contributed by atoms with Crippen molar-refractivity contribution in [2.75, 3.05) is 11.5 Å². The van der Waals surface area contributed by atoms with Crippen LogP contribution in [0.1, 0.15) is 22.0 Å². The molecule has 4 aromatic rings. The van der Waals surface area contributed by atoms with Gasteiger partial charge in [0.25, 0.3) is 11.7 Å². The van der Waals surface area contributed by atoms with Gasteiger partial charge in [0.1, 0.15) is 17.6 Å². The molecule has 5 nitrogen and oxygen atoms in total. The number of fused-ring (bicyclic) bond motifs is 2. The van der Waals surface area contributed by atoms with Crippen LogP contribution in [0, 0.1) is 0 Å². The Bertz CT molecular complexity index is 1450. The molecule has 6 rings (SSSR count). The first kappa shape index (κ1) is 19.8. The van der Waals surface area contributed by atoms with Crippen molar-refractivity contribution in [2.45, 2.75) is 12.5 Å². The average molecular weight is 454 g/mol. The van der Waals surface area contributed by atoms with Crippen molar-refractivity contribution in [3.8, 4) is 5.75 Å². The van der Waals surface area contributed by atoms with Crippen LogP contribution in [0.5, 0.6) is 5.75 Å². The predicted octanol–water partition coefficient (Wildman–Crippen LogP) is 5.46. The molecule has 0 saturated carbocycles. The van der Waals surface area contributed by atoms with Crippen molar-refractivity contribution >= 4 is 45.2 Å². The summed E-state index contributed by atoms with van der Waals surface area (Å²) in [5.41, 5.74) is 2.25. The molecule has 0 aliphatic carbocycles. The molecule has 0 spiro atoms. The van der Waals surface area contributed by atoms with Gasteiger partial charge in [0.15, 0.2) is 0 Å². The largest absolute Gasteiger partial charge is 0.507 e. The van der Waals surface area contributed by atoms with E-state index in [2.05, 4.69) is 0 Å². The lowest BCUT2D eigenvalue weighted by atomic mass is 9.98. The Morgan fingerprint density at radius 1 is 1.00 bits per heavy atom. The van der Waals surface area contributed by atoms with Gasteiger partial charge in [-0.15, -0.1) is 11.3 Å². The summed E-state index contributed by atoms with van der Waals surface area (Å²) in [5.74, 6) is -0.701. The first-order chi connectivity index (χ1) is 16.1. The first-order valence-electron chi connectivity index (χ1n) is 10.7. The maximum Gasteiger partial charge on any atom is 0.300 e. The van der Waals surface area contributed by atoms with Gasteiger partial charge in [0, 0.05) is 22.2 Å². The van der Waals surface area contributed by atoms with E-state index in [1.165, 1.54) is 16.2 Å². The fourth-order valence-electron chi connectivity index (χ4n) is 4.70. The number of Topliss-reactive ketones (excluding diaryl/α,β-unsaturated/α-hetero) is 1. The lowest BCUT2D eigenvalue weighted by molar-refractivity contribution is -0.132. The van der Waals surface area contributed by atoms with Crippen LogP contribution in [0.3, 0.4) is 0 Å². The molecule has 2 aliphatic rings. The van der Waals surface area contributed by atoms with Crippen molar-refractivity contribution in [1.82, 2.24) is 0 Å². The van der Waals surface area contributed by atoms with Crippen LogP contribution in [-0.2, 0) is 16.0 Å². The molecular formula is C27H19NO4S. The summed E-state index contributed by atoms with van der Waals surface area (Å²) in [4.78, 5) is 29.1. The van der Waals surface area contributed by atoms with Gasteiger partial charge in [0.2, 0.25) is 0 Å². The van der Waals surface area contributed by atoms with Crippen LogP contribution in [-0.4, -0.2) is 23.4 Å². The number of ether oxygens (including phenoxy) is 1. The van der Waals surface area contributed by atoms with Gasteiger partial charge in [-0.1, -0.05) is 42.5 Å². The van der Waals surface area contributed by atoms with E-state index in [4.69, 9.17) is 4.74 Å². The fourth-order valence-corrected chi connectivity index (χ4v) is 5.53. The second kappa shape index (κ2) is 7.60. The second-order valence-electron chi connectivity index (χ2n) is 8.10. The Morgan fingerprint density at radius 3 is 2.70 bits per heavy atom. The predicted molar refractivity (Wildman–Crippen MR) is 129 cm³/mol. The van der Waals surface area contributed by atoms with E-state index in [9.17, 15) is 14.7 Å². The van der Waals surface area contributed by atoms with E-state index in [1.807, 2.05) is 66.0 Å². The third kappa shape index (κ3) is 3.06. The minimum atomic E-state index is -0.708. The van der Waals surface area contributed by atoms with E-state index in [1.54, 1.807) is 12.1 Å². The number of thiophene rings is 1. The van der Waals surface area contributed by atoms with E-state index in [0.717, 1.165) is 33.4 Å². The van der Waals surface area contributed by atoms with E-state index in [0.29, 0.717) is 17.9 Å². The van der Waals surface area contributed by atoms with Crippen LogP contribution in [0.15, 0.2) is 83.7 Å². The number of aliphatic hydroxyl groups excluding tert-OH is 1. The van der Waals surface area contributed by atoms with Crippen molar-refractivity contribution < 1.29 is 19.4 Å². The summed E-state index contributed by atoms with van der Waals surface area (Å²) in [6, 6.07) is 21.9. The topological polar surface area (TPSA) is 66.8 Å². The molecule has 1 fully saturated rings. The number of ketones is 1. The highest BCUT2D eigenvalue weighted by Crippen LogP contribution is 2.45. The molecular weight excluding hydrogens is 434 g/mol. The SMILES string of the molecule is O=C1C(=O)N(c2cccc3ccccc23)C(c2cccs2)/C1=C(/O)c1ccc2c(c1)CCO2. The standard InChI is InChI=1S/C27H19NO4S/c29-25(18-10-11-21-17(15-18)12-13-32-21)23-24(22-9-4-14-33-22)28(27(31)26(23)30)20-8-3-6-16-5-1-2-7-19(16)20/h1-11,14-15,24,29H,12-13H2/b25-23-. The number of anilines is 1. The fraction of sp³-hybridized carbons (Fsp3) is 0.111. The zero-order valence-electron chi connectivity index (χ0n) is 17.5. The molecule has 1 saturated heterocycles. The molecule has 0 radical (unpaired) electrons. The van der Waals surface area contributed by atoms with Gasteiger partial charge in [-0.05, 0) is 46.7 Å². The maximum atomic E-state index is 13.4. The number of amides is 1. The van der Waals surface area contributed by atoms with Crippen LogP contribution in [0.2, 0.25) is 0 Å². The number of benzene rings is 3. The van der Waals surface area contributed by atoms with Crippen molar-refractivity contribution in [2.24, 2.45) is 0 Å². The van der Waals surface area contributed by atoms with Crippen LogP contribution in [0.25, 0.3) is 16.5 Å². The molecule has 0 bridgehead atoms. The lowest BCUT2D eigenvalue weighted by Crippen LogP contribution is -2.29. The quantitative estimate of drug-likeness (QED) is 0.254. The molecule has 3 heterocycles. The third-order valence-corrected chi connectivity index (χ3v) is 7.17. The lowest BCUT2D eigenvalue weighted by Gasteiger charge is -2.25. The van der Waals surface area contributed by atoms with E-state index >= 15 is 0 Å². The zero-order chi connectivity index (χ0) is 22.5. The second-order valence-corrected chi connectivity index (χ2v) is 9.08. The summed E-state index contributed by atoms with van der Waals surface area (Å²) in [6.07, 6.45) is 0.745. The Balaban J connectivity index is 1.57. The first-order valence-corrected chi connectivity index (χ1v) is 11.6. The van der Waals surface area contributed by atoms with Crippen LogP contribution in [0.4, 0.5) is 5.69 Å². The number of nitrogens with zero attached hydrogens (tertiary/aromatic N) is 1. The molecule has 2 aliphatic heterocycles. The molecule has 1 atom stereocenters. The van der Waals surface area contributed by atoms with Crippen LogP contribution < -0.4 is 9.64 Å². The summed E-state index contributed by atoms with van der Waals surface area (Å²) in [5, 5.41) is 15.1. The normalized spacial score (nSPS) is 19.2. The maximum absolute atomic E-state index is 13.4. The highest BCUT2D eigenvalue weighted by Gasteiger charge is 2.47. The minimum absolute atomic E-state index is 0.106. The molecule has 33 heavy (non-hydrogen) atoms. The van der Waals surface area contributed by atoms with Crippen molar-refractivity contribution in [3.05, 3.63) is 99.8 Å². The Labute approximate surface area is 194 Å². The summed E-state index contributed by atoms with van der Waals surface area (Å²) in [7, 11) is 0. The van der Waals surface area contributed by atoms with Gasteiger partial charge < -0.3 is 9.84 Å². The van der Waals surface area contributed by atoms with Crippen molar-refractivity contribution in [1.29, 1.82) is 0 Å². The van der Waals surface area contributed by atoms with Gasteiger partial charge in [-0.25, -0.2) is 0 Å². The van der Waals surface area contributed by atoms with Gasteiger partial charge in [0.05, 0.1) is 17.9 Å². The number of carbonyl (C=O) groups excluding carboxylic acids is 2. The molecule has 1 N–H and O–H groups in total. The monoisotopic (exact) mass is 453 g/mol. The molecule has 3 aromatic carbocycles. The Hall–Kier alpha value is -3.90. The van der Waals surface area contributed by atoms with Crippen molar-refractivity contribution in [3.63, 3.8) is 0 Å². The number of rotatable bonds is 3. The van der Waals surface area contributed by atoms with Gasteiger partial charge in [-0.2, -0.15) is 0 Å². The highest BCUT2D eigenvalue weighted by atomic mass is 32.1. The minimum Gasteiger partial charge on any atom is -0.507 e. The number of carbonyl (C=O) groups is 2.